The summed E-state index contributed by atoms with van der Waals surface area (Å²) in [5.41, 5.74) is 8.32. The van der Waals surface area contributed by atoms with Crippen molar-refractivity contribution in [3.8, 4) is 0 Å². The van der Waals surface area contributed by atoms with E-state index in [2.05, 4.69) is 13.8 Å². The van der Waals surface area contributed by atoms with Gasteiger partial charge in [0.25, 0.3) is 0 Å². The van der Waals surface area contributed by atoms with Gasteiger partial charge in [0.2, 0.25) is 11.8 Å². The van der Waals surface area contributed by atoms with Gasteiger partial charge in [-0.15, -0.1) is 0 Å². The van der Waals surface area contributed by atoms with Crippen LogP contribution in [0.25, 0.3) is 0 Å². The molecular weight excluding hydrogens is 314 g/mol. The number of carbonyl (C=O) groups excluding carboxylic acids is 2. The minimum atomic E-state index is -0.353. The molecule has 0 aromatic heterocycles. The summed E-state index contributed by atoms with van der Waals surface area (Å²) in [7, 11) is 1.81. The molecule has 2 amide bonds. The van der Waals surface area contributed by atoms with E-state index in [1.54, 1.807) is 9.80 Å². The average Bonchev–Trinajstić information content (AvgIpc) is 2.94. The maximum atomic E-state index is 12.8. The molecule has 5 nitrogen and oxygen atoms in total. The van der Waals surface area contributed by atoms with Crippen LogP contribution < -0.4 is 5.73 Å². The van der Waals surface area contributed by atoms with Gasteiger partial charge in [-0.05, 0) is 31.2 Å². The summed E-state index contributed by atoms with van der Waals surface area (Å²) in [6.45, 7) is 7.33. The van der Waals surface area contributed by atoms with E-state index in [-0.39, 0.29) is 23.9 Å². The Labute approximate surface area is 151 Å². The molecule has 0 aliphatic carbocycles. The minimum absolute atomic E-state index is 0.0221. The van der Waals surface area contributed by atoms with Gasteiger partial charge in [0, 0.05) is 32.6 Å². The number of benzene rings is 1. The molecular formula is C20H31N3O2. The monoisotopic (exact) mass is 345 g/mol. The first-order valence-electron chi connectivity index (χ1n) is 9.15. The van der Waals surface area contributed by atoms with Crippen molar-refractivity contribution in [2.45, 2.75) is 58.7 Å². The zero-order valence-corrected chi connectivity index (χ0v) is 15.9. The zero-order valence-electron chi connectivity index (χ0n) is 15.9. The second kappa shape index (κ2) is 8.48. The molecule has 1 aliphatic rings. The number of amides is 2. The first-order valence-corrected chi connectivity index (χ1v) is 9.15. The van der Waals surface area contributed by atoms with Gasteiger partial charge in [-0.3, -0.25) is 9.59 Å². The van der Waals surface area contributed by atoms with Crippen molar-refractivity contribution in [3.05, 3.63) is 35.4 Å². The van der Waals surface area contributed by atoms with E-state index in [4.69, 9.17) is 5.73 Å². The van der Waals surface area contributed by atoms with Gasteiger partial charge in [-0.25, -0.2) is 0 Å². The highest BCUT2D eigenvalue weighted by Gasteiger charge is 2.37. The standard InChI is InChI=1S/C20H31N3O2/c1-14(2)17(21)11-12-22(4)20(25)18-9-10-19(24)23(18)13-16-7-5-15(3)6-8-16/h5-8,14,17-18H,9-13,21H2,1-4H3. The lowest BCUT2D eigenvalue weighted by molar-refractivity contribution is -0.141. The van der Waals surface area contributed by atoms with Crippen molar-refractivity contribution < 1.29 is 9.59 Å². The fourth-order valence-corrected chi connectivity index (χ4v) is 3.12. The Morgan fingerprint density at radius 1 is 1.32 bits per heavy atom. The third-order valence-electron chi connectivity index (χ3n) is 5.12. The number of nitrogens with zero attached hydrogens (tertiary/aromatic N) is 2. The Bertz CT molecular complexity index is 597. The first kappa shape index (κ1) is 19.4. The van der Waals surface area contributed by atoms with Crippen LogP contribution in [-0.2, 0) is 16.1 Å². The maximum Gasteiger partial charge on any atom is 0.245 e. The molecule has 1 saturated heterocycles. The summed E-state index contributed by atoms with van der Waals surface area (Å²) in [5.74, 6) is 0.481. The quantitative estimate of drug-likeness (QED) is 0.825. The number of rotatable bonds is 7. The van der Waals surface area contributed by atoms with Crippen LogP contribution in [0, 0.1) is 12.8 Å². The van der Waals surface area contributed by atoms with E-state index >= 15 is 0 Å². The number of nitrogens with two attached hydrogens (primary N) is 1. The molecule has 0 radical (unpaired) electrons. The highest BCUT2D eigenvalue weighted by Crippen LogP contribution is 2.23. The van der Waals surface area contributed by atoms with Gasteiger partial charge in [-0.2, -0.15) is 0 Å². The lowest BCUT2D eigenvalue weighted by Gasteiger charge is -2.29. The third-order valence-corrected chi connectivity index (χ3v) is 5.12. The minimum Gasteiger partial charge on any atom is -0.344 e. The van der Waals surface area contributed by atoms with Crippen LogP contribution in [0.2, 0.25) is 0 Å². The SMILES string of the molecule is Cc1ccc(CN2C(=O)CCC2C(=O)N(C)CCC(N)C(C)C)cc1. The second-order valence-corrected chi connectivity index (χ2v) is 7.52. The topological polar surface area (TPSA) is 66.6 Å². The molecule has 1 aromatic carbocycles. The molecule has 2 atom stereocenters. The number of carbonyl (C=O) groups is 2. The molecule has 1 heterocycles. The van der Waals surface area contributed by atoms with Gasteiger partial charge in [0.15, 0.2) is 0 Å². The first-order chi connectivity index (χ1) is 11.8. The molecule has 2 rings (SSSR count). The van der Waals surface area contributed by atoms with Crippen LogP contribution in [0.15, 0.2) is 24.3 Å². The van der Waals surface area contributed by atoms with Crippen molar-refractivity contribution >= 4 is 11.8 Å². The Kier molecular flexibility index (Phi) is 6.59. The van der Waals surface area contributed by atoms with Crippen molar-refractivity contribution in [1.82, 2.24) is 9.80 Å². The molecule has 2 unspecified atom stereocenters. The normalized spacial score (nSPS) is 18.7. The lowest BCUT2D eigenvalue weighted by atomic mass is 10.0. The van der Waals surface area contributed by atoms with Crippen LogP contribution in [0.5, 0.6) is 0 Å². The third kappa shape index (κ3) is 5.05. The Morgan fingerprint density at radius 2 is 1.96 bits per heavy atom. The summed E-state index contributed by atoms with van der Waals surface area (Å²) < 4.78 is 0. The van der Waals surface area contributed by atoms with E-state index in [0.717, 1.165) is 12.0 Å². The van der Waals surface area contributed by atoms with Crippen molar-refractivity contribution in [2.24, 2.45) is 11.7 Å². The van der Waals surface area contributed by atoms with Crippen LogP contribution >= 0.6 is 0 Å². The van der Waals surface area contributed by atoms with Gasteiger partial charge in [0.1, 0.15) is 6.04 Å². The smallest absolute Gasteiger partial charge is 0.245 e. The predicted octanol–water partition coefficient (Wildman–Crippen LogP) is 2.32. The molecule has 1 aromatic rings. The van der Waals surface area contributed by atoms with E-state index < -0.39 is 0 Å². The maximum absolute atomic E-state index is 12.8. The molecule has 1 aliphatic heterocycles. The molecule has 0 saturated carbocycles. The summed E-state index contributed by atoms with van der Waals surface area (Å²) in [4.78, 5) is 28.6. The number of aryl methyl sites for hydroxylation is 1. The van der Waals surface area contributed by atoms with Crippen molar-refractivity contribution in [1.29, 1.82) is 0 Å². The van der Waals surface area contributed by atoms with Gasteiger partial charge in [-0.1, -0.05) is 43.7 Å². The highest BCUT2D eigenvalue weighted by molar-refractivity contribution is 5.90. The molecule has 1 fully saturated rings. The molecule has 2 N–H and O–H groups in total. The lowest BCUT2D eigenvalue weighted by Crippen LogP contribution is -2.46. The Morgan fingerprint density at radius 3 is 2.56 bits per heavy atom. The summed E-state index contributed by atoms with van der Waals surface area (Å²) in [5, 5.41) is 0. The Hall–Kier alpha value is -1.88. The van der Waals surface area contributed by atoms with Crippen LogP contribution in [-0.4, -0.2) is 47.3 Å². The highest BCUT2D eigenvalue weighted by atomic mass is 16.2. The molecule has 138 valence electrons. The van der Waals surface area contributed by atoms with Gasteiger partial charge >= 0.3 is 0 Å². The summed E-state index contributed by atoms with van der Waals surface area (Å²) in [6.07, 6.45) is 1.82. The van der Waals surface area contributed by atoms with Crippen molar-refractivity contribution in [3.63, 3.8) is 0 Å². The number of likely N-dealkylation sites (N-methyl/N-ethyl adjacent to an activating group) is 1. The fraction of sp³-hybridized carbons (Fsp3) is 0.600. The molecule has 5 heteroatoms. The fourth-order valence-electron chi connectivity index (χ4n) is 3.12. The predicted molar refractivity (Wildman–Crippen MR) is 99.8 cm³/mol. The number of hydrogen-bond acceptors (Lipinski definition) is 3. The zero-order chi connectivity index (χ0) is 18.6. The average molecular weight is 345 g/mol. The van der Waals surface area contributed by atoms with E-state index in [1.165, 1.54) is 5.56 Å². The van der Waals surface area contributed by atoms with Gasteiger partial charge < -0.3 is 15.5 Å². The molecule has 25 heavy (non-hydrogen) atoms. The second-order valence-electron chi connectivity index (χ2n) is 7.52. The number of hydrogen-bond donors (Lipinski definition) is 1. The van der Waals surface area contributed by atoms with E-state index in [1.807, 2.05) is 38.2 Å². The summed E-state index contributed by atoms with van der Waals surface area (Å²) in [6, 6.07) is 7.85. The molecule has 0 bridgehead atoms. The van der Waals surface area contributed by atoms with Crippen LogP contribution in [0.4, 0.5) is 0 Å². The van der Waals surface area contributed by atoms with Crippen LogP contribution in [0.3, 0.4) is 0 Å². The van der Waals surface area contributed by atoms with Gasteiger partial charge in [0.05, 0.1) is 0 Å². The number of likely N-dealkylation sites (tertiary alicyclic amines) is 1. The van der Waals surface area contributed by atoms with E-state index in [9.17, 15) is 9.59 Å². The molecule has 0 spiro atoms. The largest absolute Gasteiger partial charge is 0.344 e. The van der Waals surface area contributed by atoms with Crippen molar-refractivity contribution in [2.75, 3.05) is 13.6 Å². The van der Waals surface area contributed by atoms with E-state index in [0.29, 0.717) is 31.8 Å². The summed E-state index contributed by atoms with van der Waals surface area (Å²) >= 11 is 0. The van der Waals surface area contributed by atoms with Crippen LogP contribution in [0.1, 0.15) is 44.2 Å². The Balaban J connectivity index is 1.99.